The van der Waals surface area contributed by atoms with Gasteiger partial charge in [-0.05, 0) is 25.2 Å². The summed E-state index contributed by atoms with van der Waals surface area (Å²) in [6.07, 6.45) is 5.57. The highest BCUT2D eigenvalue weighted by molar-refractivity contribution is 5.86. The van der Waals surface area contributed by atoms with Crippen LogP contribution in [0.4, 0.5) is 4.79 Å². The zero-order valence-corrected chi connectivity index (χ0v) is 11.3. The van der Waals surface area contributed by atoms with Crippen LogP contribution in [-0.4, -0.2) is 29.2 Å². The Morgan fingerprint density at radius 3 is 2.28 bits per heavy atom. The molecule has 0 atom stereocenters. The van der Waals surface area contributed by atoms with Crippen molar-refractivity contribution in [3.63, 3.8) is 0 Å². The Balaban J connectivity index is 2.33. The number of carbonyl (C=O) groups excluding carboxylic acids is 1. The van der Waals surface area contributed by atoms with E-state index in [0.29, 0.717) is 19.4 Å². The minimum absolute atomic E-state index is 0.375. The summed E-state index contributed by atoms with van der Waals surface area (Å²) in [5, 5.41) is 14.5. The number of carbonyl (C=O) groups is 2. The maximum absolute atomic E-state index is 11.7. The highest BCUT2D eigenvalue weighted by Crippen LogP contribution is 2.28. The zero-order chi connectivity index (χ0) is 13.6. The summed E-state index contributed by atoms with van der Waals surface area (Å²) in [5.74, 6) is -0.228. The molecule has 0 aromatic heterocycles. The molecule has 5 nitrogen and oxygen atoms in total. The Hall–Kier alpha value is -1.26. The summed E-state index contributed by atoms with van der Waals surface area (Å²) in [5.41, 5.74) is -1.14. The molecule has 5 heteroatoms. The zero-order valence-electron chi connectivity index (χ0n) is 11.3. The van der Waals surface area contributed by atoms with Gasteiger partial charge in [-0.15, -0.1) is 0 Å². The van der Waals surface area contributed by atoms with E-state index in [9.17, 15) is 14.7 Å². The smallest absolute Gasteiger partial charge is 0.329 e. The van der Waals surface area contributed by atoms with Gasteiger partial charge in [0.25, 0.3) is 0 Å². The van der Waals surface area contributed by atoms with Crippen LogP contribution in [0.25, 0.3) is 0 Å². The largest absolute Gasteiger partial charge is 0.480 e. The number of rotatable bonds is 7. The van der Waals surface area contributed by atoms with Gasteiger partial charge < -0.3 is 15.7 Å². The van der Waals surface area contributed by atoms with Gasteiger partial charge in [-0.25, -0.2) is 9.59 Å². The molecule has 104 valence electrons. The van der Waals surface area contributed by atoms with Gasteiger partial charge in [0.05, 0.1) is 0 Å². The fraction of sp³-hybridized carbons (Fsp3) is 0.846. The summed E-state index contributed by atoms with van der Waals surface area (Å²) in [6, 6.07) is -0.375. The van der Waals surface area contributed by atoms with Crippen LogP contribution in [0.5, 0.6) is 0 Å². The van der Waals surface area contributed by atoms with Gasteiger partial charge in [-0.1, -0.05) is 33.1 Å². The van der Waals surface area contributed by atoms with Crippen molar-refractivity contribution in [2.75, 3.05) is 6.54 Å². The first-order valence-corrected chi connectivity index (χ1v) is 6.83. The lowest BCUT2D eigenvalue weighted by molar-refractivity contribution is -0.144. The minimum atomic E-state index is -1.14. The van der Waals surface area contributed by atoms with Gasteiger partial charge in [0.15, 0.2) is 0 Å². The summed E-state index contributed by atoms with van der Waals surface area (Å²) in [4.78, 5) is 22.9. The molecule has 0 aromatic rings. The topological polar surface area (TPSA) is 78.4 Å². The van der Waals surface area contributed by atoms with Crippen molar-refractivity contribution in [1.29, 1.82) is 0 Å². The monoisotopic (exact) mass is 256 g/mol. The normalized spacial score (nSPS) is 15.9. The molecule has 0 heterocycles. The summed E-state index contributed by atoms with van der Waals surface area (Å²) >= 11 is 0. The van der Waals surface area contributed by atoms with Crippen LogP contribution in [0.15, 0.2) is 0 Å². The standard InChI is InChI=1S/C13H24N2O3/c1-3-13(4-2,11(16)17)15-12(18)14-9-8-10-6-5-7-10/h10H,3-9H2,1-2H3,(H,16,17)(H2,14,15,18). The van der Waals surface area contributed by atoms with Gasteiger partial charge >= 0.3 is 12.0 Å². The van der Waals surface area contributed by atoms with Crippen molar-refractivity contribution >= 4 is 12.0 Å². The van der Waals surface area contributed by atoms with Crippen molar-refractivity contribution in [2.45, 2.75) is 57.9 Å². The van der Waals surface area contributed by atoms with Crippen molar-refractivity contribution in [3.05, 3.63) is 0 Å². The molecule has 1 fully saturated rings. The SMILES string of the molecule is CCC(CC)(NC(=O)NCCC1CCC1)C(=O)O. The molecular formula is C13H24N2O3. The predicted octanol–water partition coefficient (Wildman–Crippen LogP) is 2.12. The highest BCUT2D eigenvalue weighted by atomic mass is 16.4. The molecule has 0 radical (unpaired) electrons. The van der Waals surface area contributed by atoms with Gasteiger partial charge in [-0.3, -0.25) is 0 Å². The second-order valence-electron chi connectivity index (χ2n) is 5.06. The number of carboxylic acids is 1. The fourth-order valence-corrected chi connectivity index (χ4v) is 2.22. The molecular weight excluding hydrogens is 232 g/mol. The molecule has 0 aromatic carbocycles. The number of hydrogen-bond donors (Lipinski definition) is 3. The molecule has 18 heavy (non-hydrogen) atoms. The van der Waals surface area contributed by atoms with Gasteiger partial charge in [0.1, 0.15) is 5.54 Å². The van der Waals surface area contributed by atoms with E-state index in [-0.39, 0.29) is 6.03 Å². The van der Waals surface area contributed by atoms with Crippen molar-refractivity contribution in [3.8, 4) is 0 Å². The number of nitrogens with one attached hydrogen (secondary N) is 2. The number of amides is 2. The maximum Gasteiger partial charge on any atom is 0.329 e. The van der Waals surface area contributed by atoms with E-state index < -0.39 is 11.5 Å². The van der Waals surface area contributed by atoms with Crippen molar-refractivity contribution in [2.24, 2.45) is 5.92 Å². The molecule has 0 saturated heterocycles. The summed E-state index contributed by atoms with van der Waals surface area (Å²) < 4.78 is 0. The summed E-state index contributed by atoms with van der Waals surface area (Å²) in [7, 11) is 0. The minimum Gasteiger partial charge on any atom is -0.480 e. The third-order valence-electron chi connectivity index (χ3n) is 4.03. The lowest BCUT2D eigenvalue weighted by atomic mass is 9.83. The Labute approximate surface area is 108 Å². The van der Waals surface area contributed by atoms with Crippen LogP contribution in [-0.2, 0) is 4.79 Å². The van der Waals surface area contributed by atoms with Crippen molar-refractivity contribution < 1.29 is 14.7 Å². The van der Waals surface area contributed by atoms with Crippen LogP contribution in [0, 0.1) is 5.92 Å². The van der Waals surface area contributed by atoms with Crippen LogP contribution in [0.2, 0.25) is 0 Å². The van der Waals surface area contributed by atoms with E-state index in [1.54, 1.807) is 13.8 Å². The van der Waals surface area contributed by atoms with Crippen molar-refractivity contribution in [1.82, 2.24) is 10.6 Å². The third-order valence-corrected chi connectivity index (χ3v) is 4.03. The molecule has 1 aliphatic carbocycles. The van der Waals surface area contributed by atoms with Crippen LogP contribution < -0.4 is 10.6 Å². The van der Waals surface area contributed by atoms with Crippen LogP contribution >= 0.6 is 0 Å². The molecule has 3 N–H and O–H groups in total. The first-order chi connectivity index (χ1) is 8.54. The Bertz CT molecular complexity index is 297. The molecule has 1 rings (SSSR count). The number of hydrogen-bond acceptors (Lipinski definition) is 2. The average molecular weight is 256 g/mol. The number of carboxylic acid groups (broad SMARTS) is 1. The molecule has 0 aliphatic heterocycles. The van der Waals surface area contributed by atoms with Crippen LogP contribution in [0.3, 0.4) is 0 Å². The first kappa shape index (κ1) is 14.8. The number of aliphatic carboxylic acids is 1. The Morgan fingerprint density at radius 2 is 1.89 bits per heavy atom. The van der Waals surface area contributed by atoms with E-state index in [4.69, 9.17) is 0 Å². The Morgan fingerprint density at radius 1 is 1.28 bits per heavy atom. The van der Waals surface area contributed by atoms with E-state index in [2.05, 4.69) is 10.6 Å². The number of urea groups is 1. The Kier molecular flexibility index (Phi) is 5.44. The van der Waals surface area contributed by atoms with E-state index in [1.807, 2.05) is 0 Å². The van der Waals surface area contributed by atoms with Crippen LogP contribution in [0.1, 0.15) is 52.4 Å². The molecule has 0 bridgehead atoms. The first-order valence-electron chi connectivity index (χ1n) is 6.83. The molecule has 0 unspecified atom stereocenters. The quantitative estimate of drug-likeness (QED) is 0.653. The fourth-order valence-electron chi connectivity index (χ4n) is 2.22. The second kappa shape index (κ2) is 6.61. The van der Waals surface area contributed by atoms with Gasteiger partial charge in [0.2, 0.25) is 0 Å². The van der Waals surface area contributed by atoms with E-state index >= 15 is 0 Å². The summed E-state index contributed by atoms with van der Waals surface area (Å²) in [6.45, 7) is 4.16. The molecule has 2 amide bonds. The second-order valence-corrected chi connectivity index (χ2v) is 5.06. The van der Waals surface area contributed by atoms with E-state index in [1.165, 1.54) is 19.3 Å². The van der Waals surface area contributed by atoms with E-state index in [0.717, 1.165) is 12.3 Å². The predicted molar refractivity (Wildman–Crippen MR) is 69.4 cm³/mol. The van der Waals surface area contributed by atoms with Gasteiger partial charge in [-0.2, -0.15) is 0 Å². The van der Waals surface area contributed by atoms with Gasteiger partial charge in [0, 0.05) is 6.54 Å². The third kappa shape index (κ3) is 3.62. The highest BCUT2D eigenvalue weighted by Gasteiger charge is 2.36. The maximum atomic E-state index is 11.7. The average Bonchev–Trinajstić information content (AvgIpc) is 2.29. The molecule has 1 aliphatic rings. The lowest BCUT2D eigenvalue weighted by Gasteiger charge is -2.29. The molecule has 1 saturated carbocycles. The lowest BCUT2D eigenvalue weighted by Crippen LogP contribution is -2.56. The molecule has 0 spiro atoms.